The van der Waals surface area contributed by atoms with E-state index in [1.54, 1.807) is 13.1 Å². The Labute approximate surface area is 250 Å². The lowest BCUT2D eigenvalue weighted by molar-refractivity contribution is -0.116. The molecule has 11 heteroatoms. The molecule has 1 aliphatic carbocycles. The van der Waals surface area contributed by atoms with Gasteiger partial charge in [-0.1, -0.05) is 20.8 Å². The smallest absolute Gasteiger partial charge is 0.356 e. The standard InChI is InChI=1S/C31H36N4O5SSi/c1-7-38-29(37)28-27-18(16-32-28)25(26-20(33-27)9-8-10-22(26)36)23-13-14-24(39-23)41-30-34-19-12-11-17(15-21(19)35-30)40-42(5,6)31(2,3)4/h11-16,25,32-33H,7-10H2,1-6H3,(H,34,35). The highest BCUT2D eigenvalue weighted by atomic mass is 32.2. The lowest BCUT2D eigenvalue weighted by Crippen LogP contribution is -2.43. The monoisotopic (exact) mass is 604 g/mol. The van der Waals surface area contributed by atoms with E-state index >= 15 is 0 Å². The van der Waals surface area contributed by atoms with E-state index in [9.17, 15) is 9.59 Å². The Hall–Kier alpha value is -3.70. The molecule has 0 fully saturated rings. The first-order valence-electron chi connectivity index (χ1n) is 14.3. The highest BCUT2D eigenvalue weighted by Gasteiger charge is 2.40. The molecule has 2 aliphatic rings. The molecule has 0 saturated carbocycles. The summed E-state index contributed by atoms with van der Waals surface area (Å²) < 4.78 is 18.1. The number of aromatic amines is 2. The largest absolute Gasteiger partial charge is 0.543 e. The van der Waals surface area contributed by atoms with Crippen LogP contribution < -0.4 is 9.74 Å². The summed E-state index contributed by atoms with van der Waals surface area (Å²) in [6.45, 7) is 13.2. The molecule has 6 rings (SSSR count). The number of nitrogens with one attached hydrogen (secondary N) is 3. The zero-order valence-corrected chi connectivity index (χ0v) is 26.6. The van der Waals surface area contributed by atoms with Crippen molar-refractivity contribution in [2.75, 3.05) is 11.9 Å². The molecule has 0 radical (unpaired) electrons. The Kier molecular flexibility index (Phi) is 7.13. The number of H-pyrrole nitrogens is 2. The van der Waals surface area contributed by atoms with Gasteiger partial charge in [-0.05, 0) is 73.9 Å². The number of hydrogen-bond acceptors (Lipinski definition) is 8. The number of esters is 1. The van der Waals surface area contributed by atoms with Gasteiger partial charge in [-0.15, -0.1) is 0 Å². The van der Waals surface area contributed by atoms with Crippen LogP contribution in [0.4, 0.5) is 5.69 Å². The highest BCUT2D eigenvalue weighted by Crippen LogP contribution is 2.48. The van der Waals surface area contributed by atoms with E-state index in [1.165, 1.54) is 11.8 Å². The third-order valence-electron chi connectivity index (χ3n) is 8.42. The number of carbonyl (C=O) groups is 2. The maximum atomic E-state index is 13.2. The summed E-state index contributed by atoms with van der Waals surface area (Å²) in [5, 5.41) is 4.80. The maximum Gasteiger partial charge on any atom is 0.356 e. The Balaban J connectivity index is 1.29. The van der Waals surface area contributed by atoms with E-state index in [-0.39, 0.29) is 17.4 Å². The summed E-state index contributed by atoms with van der Waals surface area (Å²) >= 11 is 1.39. The summed E-state index contributed by atoms with van der Waals surface area (Å²) in [6, 6.07) is 9.75. The fourth-order valence-corrected chi connectivity index (χ4v) is 7.05. The molecule has 0 amide bonds. The van der Waals surface area contributed by atoms with Crippen LogP contribution in [-0.2, 0) is 9.53 Å². The number of imidazole rings is 1. The lowest BCUT2D eigenvalue weighted by atomic mass is 9.78. The highest BCUT2D eigenvalue weighted by molar-refractivity contribution is 7.99. The normalized spacial score (nSPS) is 17.2. The predicted octanol–water partition coefficient (Wildman–Crippen LogP) is 7.76. The molecule has 220 valence electrons. The van der Waals surface area contributed by atoms with Crippen molar-refractivity contribution in [3.8, 4) is 5.75 Å². The van der Waals surface area contributed by atoms with Gasteiger partial charge in [-0.2, -0.15) is 0 Å². The third-order valence-corrected chi connectivity index (χ3v) is 13.6. The molecule has 0 saturated heterocycles. The second-order valence-electron chi connectivity index (χ2n) is 12.3. The van der Waals surface area contributed by atoms with Crippen LogP contribution in [0.1, 0.15) is 74.7 Å². The van der Waals surface area contributed by atoms with Gasteiger partial charge >= 0.3 is 5.97 Å². The van der Waals surface area contributed by atoms with Crippen LogP contribution in [0.15, 0.2) is 62.5 Å². The van der Waals surface area contributed by atoms with E-state index in [0.29, 0.717) is 39.4 Å². The van der Waals surface area contributed by atoms with Gasteiger partial charge in [0.1, 0.15) is 17.2 Å². The zero-order valence-electron chi connectivity index (χ0n) is 24.8. The van der Waals surface area contributed by atoms with Gasteiger partial charge in [0.05, 0.1) is 29.2 Å². The molecular formula is C31H36N4O5SSi. The summed E-state index contributed by atoms with van der Waals surface area (Å²) in [4.78, 5) is 37.0. The van der Waals surface area contributed by atoms with Crippen molar-refractivity contribution < 1.29 is 23.2 Å². The third kappa shape index (κ3) is 5.09. The van der Waals surface area contributed by atoms with Gasteiger partial charge in [0.25, 0.3) is 0 Å². The van der Waals surface area contributed by atoms with Gasteiger partial charge < -0.3 is 28.9 Å². The molecule has 4 aromatic rings. The van der Waals surface area contributed by atoms with Crippen LogP contribution >= 0.6 is 11.8 Å². The molecule has 9 nitrogen and oxygen atoms in total. The van der Waals surface area contributed by atoms with Gasteiger partial charge in [0, 0.05) is 35.5 Å². The van der Waals surface area contributed by atoms with Gasteiger partial charge in [-0.3, -0.25) is 4.79 Å². The first-order valence-corrected chi connectivity index (χ1v) is 18.1. The van der Waals surface area contributed by atoms with Crippen molar-refractivity contribution in [1.82, 2.24) is 15.0 Å². The Bertz CT molecular complexity index is 1720. The molecule has 1 unspecified atom stereocenters. The predicted molar refractivity (Wildman–Crippen MR) is 165 cm³/mol. The topological polar surface area (TPSA) is 122 Å². The molecule has 42 heavy (non-hydrogen) atoms. The van der Waals surface area contributed by atoms with Gasteiger partial charge in [0.2, 0.25) is 8.32 Å². The molecule has 0 spiro atoms. The number of aromatic nitrogens is 3. The van der Waals surface area contributed by atoms with E-state index in [0.717, 1.165) is 40.9 Å². The number of allylic oxidation sites excluding steroid dienone is 2. The molecule has 4 heterocycles. The molecule has 3 N–H and O–H groups in total. The van der Waals surface area contributed by atoms with Gasteiger partial charge in [0.15, 0.2) is 16.0 Å². The second-order valence-corrected chi connectivity index (χ2v) is 18.0. The summed E-state index contributed by atoms with van der Waals surface area (Å²) in [7, 11) is -1.97. The summed E-state index contributed by atoms with van der Waals surface area (Å²) in [6.07, 6.45) is 3.75. The SMILES string of the molecule is CCOC(=O)c1[nH]cc2c1NC1=C(C(=O)CCC1)C2c1ccc(Sc2nc3ccc(O[Si](C)(C)C(C)(C)C)cc3[nH]2)o1. The molecule has 3 aromatic heterocycles. The fourth-order valence-electron chi connectivity index (χ4n) is 5.26. The zero-order chi connectivity index (χ0) is 29.8. The van der Waals surface area contributed by atoms with E-state index in [1.807, 2.05) is 30.3 Å². The van der Waals surface area contributed by atoms with Crippen molar-refractivity contribution in [3.63, 3.8) is 0 Å². The molecule has 0 bridgehead atoms. The lowest BCUT2D eigenvalue weighted by Gasteiger charge is -2.36. The van der Waals surface area contributed by atoms with Crippen LogP contribution in [0.5, 0.6) is 5.75 Å². The Morgan fingerprint density at radius 1 is 1.19 bits per heavy atom. The van der Waals surface area contributed by atoms with Crippen molar-refractivity contribution in [1.29, 1.82) is 0 Å². The second kappa shape index (κ2) is 10.5. The molecular weight excluding hydrogens is 569 g/mol. The Morgan fingerprint density at radius 3 is 2.76 bits per heavy atom. The van der Waals surface area contributed by atoms with Crippen molar-refractivity contribution in [3.05, 3.63) is 64.8 Å². The minimum Gasteiger partial charge on any atom is -0.543 e. The van der Waals surface area contributed by atoms with Crippen molar-refractivity contribution in [2.45, 2.75) is 81.3 Å². The average Bonchev–Trinajstić information content (AvgIpc) is 3.65. The van der Waals surface area contributed by atoms with E-state index < -0.39 is 20.2 Å². The van der Waals surface area contributed by atoms with Crippen LogP contribution in [0.25, 0.3) is 11.0 Å². The van der Waals surface area contributed by atoms with Crippen LogP contribution in [0.3, 0.4) is 0 Å². The number of Topliss-reactive ketones (excluding diaryl/α,β-unsaturated/α-hetero) is 1. The van der Waals surface area contributed by atoms with Crippen LogP contribution in [0.2, 0.25) is 18.1 Å². The van der Waals surface area contributed by atoms with E-state index in [4.69, 9.17) is 18.6 Å². The first kappa shape index (κ1) is 28.4. The molecule has 1 aliphatic heterocycles. The first-order chi connectivity index (χ1) is 19.9. The number of anilines is 1. The van der Waals surface area contributed by atoms with Crippen LogP contribution in [0, 0.1) is 0 Å². The number of rotatable bonds is 7. The molecule has 1 atom stereocenters. The minimum atomic E-state index is -1.97. The van der Waals surface area contributed by atoms with Gasteiger partial charge in [-0.25, -0.2) is 9.78 Å². The maximum absolute atomic E-state index is 13.2. The average molecular weight is 605 g/mol. The number of hydrogen-bond donors (Lipinski definition) is 3. The fraction of sp³-hybridized carbons (Fsp3) is 0.387. The van der Waals surface area contributed by atoms with Crippen LogP contribution in [-0.4, -0.2) is 41.6 Å². The number of furan rings is 1. The molecule has 1 aromatic carbocycles. The summed E-state index contributed by atoms with van der Waals surface area (Å²) in [5.41, 5.74) is 5.06. The number of benzene rings is 1. The number of fused-ring (bicyclic) bond motifs is 2. The number of ketones is 1. The number of ether oxygens (including phenoxy) is 1. The Morgan fingerprint density at radius 2 is 2.00 bits per heavy atom. The quantitative estimate of drug-likeness (QED) is 0.145. The van der Waals surface area contributed by atoms with Crippen molar-refractivity contribution >= 4 is 48.6 Å². The van der Waals surface area contributed by atoms with E-state index in [2.05, 4.69) is 49.1 Å². The number of carbonyl (C=O) groups excluding carboxylic acids is 2. The number of nitrogens with zero attached hydrogens (tertiary/aromatic N) is 1. The minimum absolute atomic E-state index is 0.0943. The summed E-state index contributed by atoms with van der Waals surface area (Å²) in [5.74, 6) is 0.708. The van der Waals surface area contributed by atoms with Crippen molar-refractivity contribution in [2.24, 2.45) is 0 Å².